The molecule has 0 saturated carbocycles. The molecule has 7 heteroatoms. The molecule has 0 aliphatic carbocycles. The van der Waals surface area contributed by atoms with Crippen molar-refractivity contribution in [3.05, 3.63) is 42.0 Å². The van der Waals surface area contributed by atoms with Gasteiger partial charge in [-0.2, -0.15) is 5.10 Å². The van der Waals surface area contributed by atoms with Gasteiger partial charge >= 0.3 is 0 Å². The third kappa shape index (κ3) is 4.40. The highest BCUT2D eigenvalue weighted by atomic mass is 19.1. The van der Waals surface area contributed by atoms with Crippen LogP contribution in [-0.4, -0.2) is 46.0 Å². The number of aromatic amines is 1. The highest BCUT2D eigenvalue weighted by Gasteiger charge is 2.32. The Morgan fingerprint density at radius 3 is 2.61 bits per heavy atom. The molecule has 28 heavy (non-hydrogen) atoms. The summed E-state index contributed by atoms with van der Waals surface area (Å²) in [6.07, 6.45) is 3.31. The first-order chi connectivity index (χ1) is 13.4. The second-order valence-corrected chi connectivity index (χ2v) is 7.73. The van der Waals surface area contributed by atoms with E-state index in [1.165, 1.54) is 19.1 Å². The van der Waals surface area contributed by atoms with Gasteiger partial charge in [0.25, 0.3) is 0 Å². The van der Waals surface area contributed by atoms with E-state index in [2.05, 4.69) is 15.5 Å². The van der Waals surface area contributed by atoms with Crippen molar-refractivity contribution in [2.75, 3.05) is 13.1 Å². The fraction of sp³-hybridized carbons (Fsp3) is 0.476. The molecule has 150 valence electrons. The Labute approximate surface area is 164 Å². The number of aromatic nitrogens is 2. The van der Waals surface area contributed by atoms with E-state index in [0.29, 0.717) is 13.1 Å². The zero-order chi connectivity index (χ0) is 20.3. The van der Waals surface area contributed by atoms with Crippen molar-refractivity contribution in [2.24, 2.45) is 5.92 Å². The third-order valence-electron chi connectivity index (χ3n) is 5.31. The summed E-state index contributed by atoms with van der Waals surface area (Å²) >= 11 is 0. The van der Waals surface area contributed by atoms with Crippen molar-refractivity contribution in [1.82, 2.24) is 20.4 Å². The third-order valence-corrected chi connectivity index (χ3v) is 5.31. The maximum absolute atomic E-state index is 13.6. The molecule has 1 fully saturated rings. The van der Waals surface area contributed by atoms with Crippen LogP contribution in [0.3, 0.4) is 0 Å². The number of nitrogens with one attached hydrogen (secondary N) is 2. The first kappa shape index (κ1) is 20.0. The minimum absolute atomic E-state index is 0.0290. The van der Waals surface area contributed by atoms with Gasteiger partial charge in [0.15, 0.2) is 0 Å². The van der Waals surface area contributed by atoms with E-state index in [1.54, 1.807) is 12.3 Å². The number of rotatable bonds is 5. The second kappa shape index (κ2) is 8.54. The molecule has 3 rings (SSSR count). The number of benzene rings is 1. The number of carbonyl (C=O) groups is 2. The number of halogens is 1. The fourth-order valence-corrected chi connectivity index (χ4v) is 3.81. The van der Waals surface area contributed by atoms with E-state index in [0.717, 1.165) is 29.7 Å². The van der Waals surface area contributed by atoms with Crippen LogP contribution < -0.4 is 5.32 Å². The van der Waals surface area contributed by atoms with Gasteiger partial charge in [0.05, 0.1) is 6.20 Å². The lowest BCUT2D eigenvalue weighted by molar-refractivity contribution is -0.138. The van der Waals surface area contributed by atoms with Gasteiger partial charge in [-0.3, -0.25) is 14.7 Å². The Balaban J connectivity index is 1.69. The molecule has 2 aromatic rings. The zero-order valence-electron chi connectivity index (χ0n) is 16.5. The minimum Gasteiger partial charge on any atom is -0.344 e. The first-order valence-electron chi connectivity index (χ1n) is 9.72. The number of hydrogen-bond donors (Lipinski definition) is 2. The number of amides is 2. The Bertz CT molecular complexity index is 840. The fourth-order valence-electron chi connectivity index (χ4n) is 3.81. The van der Waals surface area contributed by atoms with E-state index < -0.39 is 6.04 Å². The van der Waals surface area contributed by atoms with Crippen molar-refractivity contribution < 1.29 is 14.0 Å². The van der Waals surface area contributed by atoms with Gasteiger partial charge in [-0.15, -0.1) is 0 Å². The van der Waals surface area contributed by atoms with Gasteiger partial charge in [0.1, 0.15) is 11.9 Å². The molecule has 0 spiro atoms. The summed E-state index contributed by atoms with van der Waals surface area (Å²) in [5, 5.41) is 10.0. The molecule has 1 aliphatic heterocycles. The van der Waals surface area contributed by atoms with Crippen LogP contribution in [0.25, 0.3) is 11.1 Å². The predicted octanol–water partition coefficient (Wildman–Crippen LogP) is 3.08. The summed E-state index contributed by atoms with van der Waals surface area (Å²) in [6, 6.07) is 6.00. The molecule has 1 aliphatic rings. The molecule has 0 unspecified atom stereocenters. The highest BCUT2D eigenvalue weighted by Crippen LogP contribution is 2.34. The van der Waals surface area contributed by atoms with Crippen molar-refractivity contribution in [3.63, 3.8) is 0 Å². The maximum atomic E-state index is 13.6. The molecule has 1 aromatic carbocycles. The largest absolute Gasteiger partial charge is 0.344 e. The lowest BCUT2D eigenvalue weighted by Gasteiger charge is -2.35. The number of H-pyrrole nitrogens is 1. The molecule has 6 nitrogen and oxygen atoms in total. The zero-order valence-corrected chi connectivity index (χ0v) is 16.5. The SMILES string of the molecule is CC(=O)N[C@@H](C(=O)N1CCC(c2[nH]ncc2-c2cccc(F)c2)CC1)C(C)C. The van der Waals surface area contributed by atoms with E-state index >= 15 is 0 Å². The molecule has 1 saturated heterocycles. The van der Waals surface area contributed by atoms with Crippen LogP contribution in [-0.2, 0) is 9.59 Å². The van der Waals surface area contributed by atoms with Crippen molar-refractivity contribution in [2.45, 2.75) is 45.6 Å². The van der Waals surface area contributed by atoms with E-state index in [1.807, 2.05) is 24.8 Å². The van der Waals surface area contributed by atoms with Gasteiger partial charge in [-0.1, -0.05) is 26.0 Å². The molecule has 2 amide bonds. The Kier molecular flexibility index (Phi) is 6.11. The van der Waals surface area contributed by atoms with Crippen LogP contribution in [0.2, 0.25) is 0 Å². The average molecular weight is 386 g/mol. The van der Waals surface area contributed by atoms with Gasteiger partial charge in [0.2, 0.25) is 11.8 Å². The molecule has 2 N–H and O–H groups in total. The number of carbonyl (C=O) groups excluding carboxylic acids is 2. The number of likely N-dealkylation sites (tertiary alicyclic amines) is 1. The van der Waals surface area contributed by atoms with Crippen LogP contribution in [0.1, 0.15) is 45.2 Å². The number of piperidine rings is 1. The molecule has 1 atom stereocenters. The van der Waals surface area contributed by atoms with E-state index in [9.17, 15) is 14.0 Å². The normalized spacial score (nSPS) is 16.2. The minimum atomic E-state index is -0.496. The summed E-state index contributed by atoms with van der Waals surface area (Å²) < 4.78 is 13.6. The van der Waals surface area contributed by atoms with Gasteiger partial charge < -0.3 is 10.2 Å². The summed E-state index contributed by atoms with van der Waals surface area (Å²) in [6.45, 7) is 6.53. The van der Waals surface area contributed by atoms with Gasteiger partial charge in [-0.05, 0) is 36.5 Å². The lowest BCUT2D eigenvalue weighted by atomic mass is 9.89. The van der Waals surface area contributed by atoms with Crippen LogP contribution in [0.15, 0.2) is 30.5 Å². The van der Waals surface area contributed by atoms with Crippen LogP contribution in [0.4, 0.5) is 4.39 Å². The smallest absolute Gasteiger partial charge is 0.245 e. The van der Waals surface area contributed by atoms with E-state index in [4.69, 9.17) is 0 Å². The number of nitrogens with zero attached hydrogens (tertiary/aromatic N) is 2. The van der Waals surface area contributed by atoms with Crippen LogP contribution >= 0.6 is 0 Å². The number of hydrogen-bond acceptors (Lipinski definition) is 3. The van der Waals surface area contributed by atoms with Crippen molar-refractivity contribution >= 4 is 11.8 Å². The predicted molar refractivity (Wildman–Crippen MR) is 105 cm³/mol. The first-order valence-corrected chi connectivity index (χ1v) is 9.72. The molecule has 0 radical (unpaired) electrons. The molecule has 1 aromatic heterocycles. The molecule has 2 heterocycles. The summed E-state index contributed by atoms with van der Waals surface area (Å²) in [7, 11) is 0. The van der Waals surface area contributed by atoms with E-state index in [-0.39, 0.29) is 29.5 Å². The standard InChI is InChI=1S/C21H27FN4O2/c1-13(2)19(24-14(3)27)21(28)26-9-7-15(8-10-26)20-18(12-23-25-20)16-5-4-6-17(22)11-16/h4-6,11-13,15,19H,7-10H2,1-3H3,(H,23,25)(H,24,27)/t19-/m1/s1. The van der Waals surface area contributed by atoms with Crippen molar-refractivity contribution in [3.8, 4) is 11.1 Å². The summed E-state index contributed by atoms with van der Waals surface area (Å²) in [4.78, 5) is 26.1. The monoisotopic (exact) mass is 386 g/mol. The summed E-state index contributed by atoms with van der Waals surface area (Å²) in [5.74, 6) is -0.245. The topological polar surface area (TPSA) is 78.1 Å². The second-order valence-electron chi connectivity index (χ2n) is 7.73. The molecule has 0 bridgehead atoms. The lowest BCUT2D eigenvalue weighted by Crippen LogP contribution is -2.52. The van der Waals surface area contributed by atoms with Crippen LogP contribution in [0, 0.1) is 11.7 Å². The molecular weight excluding hydrogens is 359 g/mol. The Morgan fingerprint density at radius 2 is 2.00 bits per heavy atom. The Hall–Kier alpha value is -2.70. The van der Waals surface area contributed by atoms with Crippen molar-refractivity contribution in [1.29, 1.82) is 0 Å². The molecular formula is C21H27FN4O2. The average Bonchev–Trinajstić information content (AvgIpc) is 3.15. The van der Waals surface area contributed by atoms with Gasteiger partial charge in [-0.25, -0.2) is 4.39 Å². The summed E-state index contributed by atoms with van der Waals surface area (Å²) in [5.41, 5.74) is 2.69. The Morgan fingerprint density at radius 1 is 1.29 bits per heavy atom. The van der Waals surface area contributed by atoms with Crippen LogP contribution in [0.5, 0.6) is 0 Å². The maximum Gasteiger partial charge on any atom is 0.245 e. The quantitative estimate of drug-likeness (QED) is 0.829. The van der Waals surface area contributed by atoms with Gasteiger partial charge in [0, 0.05) is 37.2 Å². The highest BCUT2D eigenvalue weighted by molar-refractivity contribution is 5.87.